The monoisotopic (exact) mass is 333 g/mol. The fourth-order valence-corrected chi connectivity index (χ4v) is 2.57. The van der Waals surface area contributed by atoms with Gasteiger partial charge in [0.2, 0.25) is 0 Å². The molecule has 0 aliphatic heterocycles. The Kier molecular flexibility index (Phi) is 5.28. The van der Waals surface area contributed by atoms with Gasteiger partial charge in [-0.3, -0.25) is 4.79 Å². The number of rotatable bonds is 4. The van der Waals surface area contributed by atoms with Crippen molar-refractivity contribution in [1.82, 2.24) is 4.90 Å². The number of aryl methyl sites for hydroxylation is 1. The number of nitrogens with zero attached hydrogens (tertiary/aromatic N) is 1. The van der Waals surface area contributed by atoms with Gasteiger partial charge in [-0.1, -0.05) is 53.0 Å². The molecule has 4 heteroatoms. The van der Waals surface area contributed by atoms with Crippen molar-refractivity contribution in [3.05, 3.63) is 75.4 Å². The lowest BCUT2D eigenvalue weighted by Crippen LogP contribution is -2.10. The Bertz CT molecular complexity index is 718. The van der Waals surface area contributed by atoms with Crippen LogP contribution in [0.4, 0.5) is 0 Å². The molecule has 0 aliphatic rings. The zero-order valence-electron chi connectivity index (χ0n) is 12.7. The van der Waals surface area contributed by atoms with Gasteiger partial charge >= 0.3 is 0 Å². The van der Waals surface area contributed by atoms with Crippen LogP contribution in [0, 0.1) is 6.92 Å². The Labute approximate surface area is 141 Å². The lowest BCUT2D eigenvalue weighted by Gasteiger charge is -2.13. The van der Waals surface area contributed by atoms with Gasteiger partial charge in [-0.15, -0.1) is 0 Å². The van der Waals surface area contributed by atoms with Crippen molar-refractivity contribution in [1.29, 1.82) is 0 Å². The fraction of sp³-hybridized carbons (Fsp3) is 0.167. The summed E-state index contributed by atoms with van der Waals surface area (Å²) in [5.41, 5.74) is 3.04. The van der Waals surface area contributed by atoms with Crippen LogP contribution >= 0.6 is 23.2 Å². The molecule has 0 radical (unpaired) electrons. The Hall–Kier alpha value is -1.77. The highest BCUT2D eigenvalue weighted by atomic mass is 35.5. The Morgan fingerprint density at radius 3 is 2.23 bits per heavy atom. The zero-order chi connectivity index (χ0) is 16.3. The number of benzene rings is 2. The molecule has 0 N–H and O–H groups in total. The molecule has 0 unspecified atom stereocenters. The first-order valence-electron chi connectivity index (χ1n) is 6.83. The Morgan fingerprint density at radius 1 is 1.05 bits per heavy atom. The van der Waals surface area contributed by atoms with E-state index < -0.39 is 0 Å². The summed E-state index contributed by atoms with van der Waals surface area (Å²) in [6.07, 6.45) is 1.80. The second kappa shape index (κ2) is 6.99. The van der Waals surface area contributed by atoms with Crippen molar-refractivity contribution >= 4 is 34.6 Å². The molecule has 2 nitrogen and oxygen atoms in total. The molecule has 0 atom stereocenters. The van der Waals surface area contributed by atoms with Crippen LogP contribution < -0.4 is 0 Å². The summed E-state index contributed by atoms with van der Waals surface area (Å²) in [4.78, 5) is 14.7. The molecule has 0 amide bonds. The van der Waals surface area contributed by atoms with E-state index in [1.165, 1.54) is 0 Å². The summed E-state index contributed by atoms with van der Waals surface area (Å²) < 4.78 is 0. The number of allylic oxidation sites excluding steroid dienone is 1. The third-order valence-corrected chi connectivity index (χ3v) is 3.72. The molecule has 0 heterocycles. The molecule has 0 bridgehead atoms. The molecule has 0 aliphatic carbocycles. The quantitative estimate of drug-likeness (QED) is 0.573. The van der Waals surface area contributed by atoms with Crippen molar-refractivity contribution in [2.45, 2.75) is 6.92 Å². The molecule has 0 saturated heterocycles. The highest BCUT2D eigenvalue weighted by Gasteiger charge is 2.18. The van der Waals surface area contributed by atoms with Crippen LogP contribution in [-0.4, -0.2) is 24.8 Å². The maximum atomic E-state index is 12.9. The molecule has 0 fully saturated rings. The zero-order valence-corrected chi connectivity index (χ0v) is 14.2. The van der Waals surface area contributed by atoms with Crippen LogP contribution in [0.2, 0.25) is 10.0 Å². The summed E-state index contributed by atoms with van der Waals surface area (Å²) in [6.45, 7) is 2.01. The molecule has 2 aromatic carbocycles. The van der Waals surface area contributed by atoms with Crippen LogP contribution in [0.5, 0.6) is 0 Å². The number of ketones is 1. The summed E-state index contributed by atoms with van der Waals surface area (Å²) >= 11 is 12.1. The summed E-state index contributed by atoms with van der Waals surface area (Å²) in [5, 5.41) is 0.865. The van der Waals surface area contributed by atoms with Crippen LogP contribution in [0.15, 0.2) is 48.7 Å². The first-order chi connectivity index (χ1) is 10.4. The normalized spacial score (nSPS) is 11.4. The molecule has 0 spiro atoms. The van der Waals surface area contributed by atoms with Gasteiger partial charge in [0.1, 0.15) is 0 Å². The molecule has 2 aromatic rings. The summed E-state index contributed by atoms with van der Waals surface area (Å²) in [7, 11) is 3.76. The van der Waals surface area contributed by atoms with Gasteiger partial charge < -0.3 is 4.90 Å². The number of carbonyl (C=O) groups is 1. The van der Waals surface area contributed by atoms with Crippen molar-refractivity contribution < 1.29 is 4.79 Å². The van der Waals surface area contributed by atoms with Crippen molar-refractivity contribution in [2.24, 2.45) is 0 Å². The Morgan fingerprint density at radius 2 is 1.68 bits per heavy atom. The minimum absolute atomic E-state index is 0.126. The standard InChI is InChI=1S/C18H17Cl2NO/c1-12-4-6-13(7-5-12)16(11-21(2)3)18(22)15-9-8-14(19)10-17(15)20/h4-11H,1-3H3/b16-11+. The van der Waals surface area contributed by atoms with Crippen molar-refractivity contribution in [3.8, 4) is 0 Å². The van der Waals surface area contributed by atoms with Gasteiger partial charge in [-0.05, 0) is 30.7 Å². The number of Topliss-reactive ketones (excluding diaryl/α,β-unsaturated/α-hetero) is 1. The first kappa shape index (κ1) is 16.6. The summed E-state index contributed by atoms with van der Waals surface area (Å²) in [5.74, 6) is -0.126. The van der Waals surface area contributed by atoms with E-state index in [0.717, 1.165) is 11.1 Å². The van der Waals surface area contributed by atoms with Crippen LogP contribution in [0.25, 0.3) is 5.57 Å². The largest absolute Gasteiger partial charge is 0.383 e. The van der Waals surface area contributed by atoms with Gasteiger partial charge in [0, 0.05) is 36.5 Å². The first-order valence-corrected chi connectivity index (χ1v) is 7.59. The molecule has 0 aromatic heterocycles. The van der Waals surface area contributed by atoms with E-state index in [2.05, 4.69) is 0 Å². The predicted octanol–water partition coefficient (Wildman–Crippen LogP) is 5.09. The average Bonchev–Trinajstić information content (AvgIpc) is 2.45. The lowest BCUT2D eigenvalue weighted by molar-refractivity contribution is 0.105. The van der Waals surface area contributed by atoms with Crippen molar-refractivity contribution in [2.75, 3.05) is 14.1 Å². The van der Waals surface area contributed by atoms with E-state index in [9.17, 15) is 4.79 Å². The Balaban J connectivity index is 2.50. The van der Waals surface area contributed by atoms with E-state index in [4.69, 9.17) is 23.2 Å². The minimum Gasteiger partial charge on any atom is -0.383 e. The summed E-state index contributed by atoms with van der Waals surface area (Å²) in [6, 6.07) is 12.7. The maximum Gasteiger partial charge on any atom is 0.196 e. The highest BCUT2D eigenvalue weighted by Crippen LogP contribution is 2.27. The van der Waals surface area contributed by atoms with E-state index >= 15 is 0 Å². The maximum absolute atomic E-state index is 12.9. The second-order valence-electron chi connectivity index (χ2n) is 5.33. The second-order valence-corrected chi connectivity index (χ2v) is 6.17. The molecule has 22 heavy (non-hydrogen) atoms. The molecular weight excluding hydrogens is 317 g/mol. The lowest BCUT2D eigenvalue weighted by atomic mass is 9.96. The van der Waals surface area contributed by atoms with Crippen LogP contribution in [0.3, 0.4) is 0 Å². The average molecular weight is 334 g/mol. The van der Waals surface area contributed by atoms with Crippen LogP contribution in [-0.2, 0) is 0 Å². The smallest absolute Gasteiger partial charge is 0.196 e. The van der Waals surface area contributed by atoms with E-state index in [-0.39, 0.29) is 5.78 Å². The molecule has 0 saturated carbocycles. The number of hydrogen-bond acceptors (Lipinski definition) is 2. The third-order valence-electron chi connectivity index (χ3n) is 3.17. The van der Waals surface area contributed by atoms with E-state index in [1.54, 1.807) is 24.4 Å². The van der Waals surface area contributed by atoms with Gasteiger partial charge in [0.05, 0.1) is 5.02 Å². The van der Waals surface area contributed by atoms with Gasteiger partial charge in [0.25, 0.3) is 0 Å². The third kappa shape index (κ3) is 3.90. The number of hydrogen-bond donors (Lipinski definition) is 0. The SMILES string of the molecule is Cc1ccc(/C(=C\N(C)C)C(=O)c2ccc(Cl)cc2Cl)cc1. The van der Waals surface area contributed by atoms with Gasteiger partial charge in [-0.2, -0.15) is 0 Å². The number of carbonyl (C=O) groups excluding carboxylic acids is 1. The minimum atomic E-state index is -0.126. The van der Waals surface area contributed by atoms with Gasteiger partial charge in [0.15, 0.2) is 5.78 Å². The van der Waals surface area contributed by atoms with E-state index in [1.807, 2.05) is 50.2 Å². The molecule has 2 rings (SSSR count). The van der Waals surface area contributed by atoms with Crippen LogP contribution in [0.1, 0.15) is 21.5 Å². The highest BCUT2D eigenvalue weighted by molar-refractivity contribution is 6.40. The van der Waals surface area contributed by atoms with Gasteiger partial charge in [-0.25, -0.2) is 0 Å². The molecule has 114 valence electrons. The predicted molar refractivity (Wildman–Crippen MR) is 93.6 cm³/mol. The number of halogens is 2. The van der Waals surface area contributed by atoms with E-state index in [0.29, 0.717) is 21.2 Å². The van der Waals surface area contributed by atoms with Crippen molar-refractivity contribution in [3.63, 3.8) is 0 Å². The fourth-order valence-electron chi connectivity index (χ4n) is 2.07. The topological polar surface area (TPSA) is 20.3 Å². The molecular formula is C18H17Cl2NO.